The van der Waals surface area contributed by atoms with Gasteiger partial charge in [0.1, 0.15) is 0 Å². The van der Waals surface area contributed by atoms with Crippen LogP contribution in [0.2, 0.25) is 0 Å². The highest BCUT2D eigenvalue weighted by atomic mass is 16.1. The molecule has 0 unspecified atom stereocenters. The molecule has 2 rings (SSSR count). The van der Waals surface area contributed by atoms with Crippen LogP contribution in [0.5, 0.6) is 0 Å². The fraction of sp³-hybridized carbons (Fsp3) is 0.214. The number of pyridine rings is 1. The maximum atomic E-state index is 11.6. The highest BCUT2D eigenvalue weighted by Crippen LogP contribution is 2.25. The molecule has 17 heavy (non-hydrogen) atoms. The Hall–Kier alpha value is -2.03. The van der Waals surface area contributed by atoms with Crippen LogP contribution in [0.25, 0.3) is 11.1 Å². The first-order valence-corrected chi connectivity index (χ1v) is 5.53. The minimum atomic E-state index is -0.00497. The maximum absolute atomic E-state index is 11.6. The molecule has 0 amide bonds. The Labute approximate surface area is 101 Å². The lowest BCUT2D eigenvalue weighted by Gasteiger charge is -2.09. The molecule has 3 nitrogen and oxygen atoms in total. The van der Waals surface area contributed by atoms with E-state index >= 15 is 0 Å². The molecule has 0 fully saturated rings. The van der Waals surface area contributed by atoms with E-state index in [-0.39, 0.29) is 5.56 Å². The standard InChI is InChI=1S/C14H16N2O/c1-9-6-12(7-10(2)14(9)15)11-4-5-16(3)13(17)8-11/h4-8H,15H2,1-3H3. The zero-order valence-electron chi connectivity index (χ0n) is 10.3. The van der Waals surface area contributed by atoms with Crippen LogP contribution < -0.4 is 11.3 Å². The summed E-state index contributed by atoms with van der Waals surface area (Å²) in [6.45, 7) is 3.96. The Morgan fingerprint density at radius 1 is 1.06 bits per heavy atom. The number of nitrogens with zero attached hydrogens (tertiary/aromatic N) is 1. The summed E-state index contributed by atoms with van der Waals surface area (Å²) < 4.78 is 1.56. The summed E-state index contributed by atoms with van der Waals surface area (Å²) in [6, 6.07) is 7.60. The van der Waals surface area contributed by atoms with E-state index in [0.717, 1.165) is 27.9 Å². The molecule has 0 spiro atoms. The predicted octanol–water partition coefficient (Wildman–Crippen LogP) is 2.25. The third kappa shape index (κ3) is 2.09. The van der Waals surface area contributed by atoms with Gasteiger partial charge in [0.25, 0.3) is 5.56 Å². The van der Waals surface area contributed by atoms with Gasteiger partial charge < -0.3 is 10.3 Å². The maximum Gasteiger partial charge on any atom is 0.250 e. The van der Waals surface area contributed by atoms with Crippen LogP contribution >= 0.6 is 0 Å². The van der Waals surface area contributed by atoms with E-state index < -0.39 is 0 Å². The zero-order chi connectivity index (χ0) is 12.6. The minimum absolute atomic E-state index is 0.00497. The van der Waals surface area contributed by atoms with Gasteiger partial charge in [0.15, 0.2) is 0 Å². The summed E-state index contributed by atoms with van der Waals surface area (Å²) in [7, 11) is 1.74. The van der Waals surface area contributed by atoms with Crippen molar-refractivity contribution in [1.82, 2.24) is 4.57 Å². The topological polar surface area (TPSA) is 48.0 Å². The molecule has 2 aromatic rings. The molecule has 0 aliphatic rings. The Balaban J connectivity index is 2.61. The van der Waals surface area contributed by atoms with Crippen LogP contribution in [0, 0.1) is 13.8 Å². The molecule has 0 bridgehead atoms. The number of benzene rings is 1. The molecule has 0 aliphatic carbocycles. The first-order valence-electron chi connectivity index (χ1n) is 5.53. The average Bonchev–Trinajstić information content (AvgIpc) is 2.29. The quantitative estimate of drug-likeness (QED) is 0.761. The molecule has 1 aromatic heterocycles. The second-order valence-electron chi connectivity index (χ2n) is 4.39. The van der Waals surface area contributed by atoms with Crippen molar-refractivity contribution in [3.63, 3.8) is 0 Å². The second-order valence-corrected chi connectivity index (χ2v) is 4.39. The summed E-state index contributed by atoms with van der Waals surface area (Å²) >= 11 is 0. The normalized spacial score (nSPS) is 10.5. The highest BCUT2D eigenvalue weighted by Gasteiger charge is 2.04. The predicted molar refractivity (Wildman–Crippen MR) is 71.0 cm³/mol. The van der Waals surface area contributed by atoms with E-state index in [4.69, 9.17) is 5.73 Å². The molecular weight excluding hydrogens is 212 g/mol. The van der Waals surface area contributed by atoms with Gasteiger partial charge in [0.05, 0.1) is 0 Å². The number of anilines is 1. The van der Waals surface area contributed by atoms with Crippen molar-refractivity contribution in [2.45, 2.75) is 13.8 Å². The van der Waals surface area contributed by atoms with E-state index in [0.29, 0.717) is 0 Å². The molecule has 1 heterocycles. The van der Waals surface area contributed by atoms with Gasteiger partial charge in [0.2, 0.25) is 0 Å². The van der Waals surface area contributed by atoms with Crippen LogP contribution in [-0.4, -0.2) is 4.57 Å². The van der Waals surface area contributed by atoms with Gasteiger partial charge >= 0.3 is 0 Å². The fourth-order valence-electron chi connectivity index (χ4n) is 1.87. The molecule has 2 N–H and O–H groups in total. The van der Waals surface area contributed by atoms with Gasteiger partial charge in [-0.1, -0.05) is 0 Å². The summed E-state index contributed by atoms with van der Waals surface area (Å²) in [4.78, 5) is 11.6. The number of rotatable bonds is 1. The van der Waals surface area contributed by atoms with Crippen molar-refractivity contribution in [3.8, 4) is 11.1 Å². The lowest BCUT2D eigenvalue weighted by Crippen LogP contribution is -2.14. The van der Waals surface area contributed by atoms with Crippen LogP contribution in [0.1, 0.15) is 11.1 Å². The van der Waals surface area contributed by atoms with Gasteiger partial charge in [-0.2, -0.15) is 0 Å². The van der Waals surface area contributed by atoms with Crippen LogP contribution in [0.15, 0.2) is 35.3 Å². The Kier molecular flexibility index (Phi) is 2.76. The van der Waals surface area contributed by atoms with Crippen molar-refractivity contribution in [2.75, 3.05) is 5.73 Å². The van der Waals surface area contributed by atoms with Crippen LogP contribution in [0.3, 0.4) is 0 Å². The number of hydrogen-bond acceptors (Lipinski definition) is 2. The van der Waals surface area contributed by atoms with Crippen molar-refractivity contribution < 1.29 is 0 Å². The lowest BCUT2D eigenvalue weighted by molar-refractivity contribution is 0.861. The Morgan fingerprint density at radius 3 is 2.18 bits per heavy atom. The SMILES string of the molecule is Cc1cc(-c2ccn(C)c(=O)c2)cc(C)c1N. The lowest BCUT2D eigenvalue weighted by atomic mass is 10.00. The number of hydrogen-bond donors (Lipinski definition) is 1. The second kappa shape index (κ2) is 4.09. The highest BCUT2D eigenvalue weighted by molar-refractivity contribution is 5.69. The number of aromatic nitrogens is 1. The molecule has 88 valence electrons. The van der Waals surface area contributed by atoms with Crippen molar-refractivity contribution in [1.29, 1.82) is 0 Å². The molecule has 1 aromatic carbocycles. The molecule has 0 aliphatic heterocycles. The smallest absolute Gasteiger partial charge is 0.250 e. The third-order valence-corrected chi connectivity index (χ3v) is 3.03. The molecule has 0 saturated carbocycles. The van der Waals surface area contributed by atoms with Crippen LogP contribution in [-0.2, 0) is 7.05 Å². The number of nitrogens with two attached hydrogens (primary N) is 1. The summed E-state index contributed by atoms with van der Waals surface area (Å²) in [6.07, 6.45) is 1.78. The van der Waals surface area contributed by atoms with Gasteiger partial charge in [-0.15, -0.1) is 0 Å². The van der Waals surface area contributed by atoms with Crippen molar-refractivity contribution in [2.24, 2.45) is 7.05 Å². The van der Waals surface area contributed by atoms with Crippen molar-refractivity contribution >= 4 is 5.69 Å². The first-order chi connectivity index (χ1) is 7.99. The van der Waals surface area contributed by atoms with Gasteiger partial charge in [-0.3, -0.25) is 4.79 Å². The monoisotopic (exact) mass is 228 g/mol. The van der Waals surface area contributed by atoms with Crippen molar-refractivity contribution in [3.05, 3.63) is 51.9 Å². The fourth-order valence-corrected chi connectivity index (χ4v) is 1.87. The van der Waals surface area contributed by atoms with E-state index in [9.17, 15) is 4.79 Å². The third-order valence-electron chi connectivity index (χ3n) is 3.03. The summed E-state index contributed by atoms with van der Waals surface area (Å²) in [5, 5.41) is 0. The first kappa shape index (κ1) is 11.5. The zero-order valence-corrected chi connectivity index (χ0v) is 10.3. The molecule has 0 atom stereocenters. The average molecular weight is 228 g/mol. The molecule has 0 saturated heterocycles. The number of aryl methyl sites for hydroxylation is 3. The molecule has 3 heteroatoms. The van der Waals surface area contributed by atoms with E-state index in [1.54, 1.807) is 23.9 Å². The largest absolute Gasteiger partial charge is 0.398 e. The minimum Gasteiger partial charge on any atom is -0.398 e. The Bertz CT molecular complexity index is 603. The van der Waals surface area contributed by atoms with Crippen LogP contribution in [0.4, 0.5) is 5.69 Å². The summed E-state index contributed by atoms with van der Waals surface area (Å²) in [5.74, 6) is 0. The van der Waals surface area contributed by atoms with Gasteiger partial charge in [-0.25, -0.2) is 0 Å². The van der Waals surface area contributed by atoms with E-state index in [1.807, 2.05) is 32.0 Å². The number of nitrogen functional groups attached to an aromatic ring is 1. The van der Waals surface area contributed by atoms with E-state index in [2.05, 4.69) is 0 Å². The molecule has 0 radical (unpaired) electrons. The van der Waals surface area contributed by atoms with Gasteiger partial charge in [-0.05, 0) is 54.3 Å². The van der Waals surface area contributed by atoms with E-state index in [1.165, 1.54) is 0 Å². The summed E-state index contributed by atoms with van der Waals surface area (Å²) in [5.41, 5.74) is 10.8. The molecular formula is C14H16N2O. The van der Waals surface area contributed by atoms with Gasteiger partial charge in [0, 0.05) is 25.0 Å². The Morgan fingerprint density at radius 2 is 1.65 bits per heavy atom.